The highest BCUT2D eigenvalue weighted by atomic mass is 35.5. The first kappa shape index (κ1) is 12.6. The monoisotopic (exact) mass is 263 g/mol. The average molecular weight is 264 g/mol. The van der Waals surface area contributed by atoms with Crippen LogP contribution in [0.1, 0.15) is 15.9 Å². The number of carbonyl (C=O) groups excluding carboxylic acids is 1. The summed E-state index contributed by atoms with van der Waals surface area (Å²) in [5.74, 6) is -0.637. The Morgan fingerprint density at radius 1 is 1.17 bits per heavy atom. The Bertz CT molecular complexity index is 581. The Balaban J connectivity index is 2.21. The smallest absolute Gasteiger partial charge is 0.167 e. The summed E-state index contributed by atoms with van der Waals surface area (Å²) in [7, 11) is 0. The maximum atomic E-state index is 13.2. The van der Waals surface area contributed by atoms with Crippen molar-refractivity contribution < 1.29 is 9.18 Å². The number of carbonyl (C=O) groups is 1. The van der Waals surface area contributed by atoms with Crippen molar-refractivity contribution in [2.45, 2.75) is 6.42 Å². The first-order chi connectivity index (χ1) is 8.58. The van der Waals surface area contributed by atoms with E-state index < -0.39 is 5.82 Å². The standard InChI is InChI=1S/C14H11ClFNO/c15-14-10(2-1-3-12(14)16)8-13(18)9-4-6-11(17)7-5-9/h1-7H,8,17H2. The van der Waals surface area contributed by atoms with Crippen molar-refractivity contribution in [3.63, 3.8) is 0 Å². The zero-order valence-corrected chi connectivity index (χ0v) is 10.2. The van der Waals surface area contributed by atoms with Gasteiger partial charge in [-0.05, 0) is 35.9 Å². The van der Waals surface area contributed by atoms with Gasteiger partial charge in [-0.1, -0.05) is 23.7 Å². The van der Waals surface area contributed by atoms with Crippen LogP contribution in [0.4, 0.5) is 10.1 Å². The van der Waals surface area contributed by atoms with Gasteiger partial charge in [0.2, 0.25) is 0 Å². The normalized spacial score (nSPS) is 10.3. The molecule has 2 aromatic carbocycles. The minimum atomic E-state index is -0.515. The molecule has 0 aliphatic carbocycles. The van der Waals surface area contributed by atoms with E-state index in [9.17, 15) is 9.18 Å². The Morgan fingerprint density at radius 2 is 1.83 bits per heavy atom. The minimum absolute atomic E-state index is 0.00120. The van der Waals surface area contributed by atoms with E-state index in [1.54, 1.807) is 30.3 Å². The van der Waals surface area contributed by atoms with Crippen LogP contribution in [0.5, 0.6) is 0 Å². The molecule has 4 heteroatoms. The molecule has 0 aliphatic rings. The van der Waals surface area contributed by atoms with Crippen LogP contribution in [0.2, 0.25) is 5.02 Å². The summed E-state index contributed by atoms with van der Waals surface area (Å²) in [6.07, 6.45) is 0.0700. The molecule has 0 spiro atoms. The molecule has 2 N–H and O–H groups in total. The fraction of sp³-hybridized carbons (Fsp3) is 0.0714. The molecule has 0 fully saturated rings. The first-order valence-electron chi connectivity index (χ1n) is 5.39. The lowest BCUT2D eigenvalue weighted by atomic mass is 10.0. The van der Waals surface area contributed by atoms with E-state index in [1.165, 1.54) is 12.1 Å². The number of hydrogen-bond acceptors (Lipinski definition) is 2. The topological polar surface area (TPSA) is 43.1 Å². The van der Waals surface area contributed by atoms with Gasteiger partial charge < -0.3 is 5.73 Å². The van der Waals surface area contributed by atoms with Crippen molar-refractivity contribution >= 4 is 23.1 Å². The molecule has 0 heterocycles. The predicted molar refractivity (Wildman–Crippen MR) is 70.3 cm³/mol. The highest BCUT2D eigenvalue weighted by Gasteiger charge is 2.11. The van der Waals surface area contributed by atoms with Crippen LogP contribution in [0.3, 0.4) is 0 Å². The predicted octanol–water partition coefficient (Wildman–Crippen LogP) is 3.49. The summed E-state index contributed by atoms with van der Waals surface area (Å²) in [4.78, 5) is 12.0. The molecule has 92 valence electrons. The molecule has 2 nitrogen and oxygen atoms in total. The van der Waals surface area contributed by atoms with Crippen molar-refractivity contribution in [1.29, 1.82) is 0 Å². The number of rotatable bonds is 3. The molecule has 0 aliphatic heterocycles. The van der Waals surface area contributed by atoms with Crippen LogP contribution in [0.25, 0.3) is 0 Å². The van der Waals surface area contributed by atoms with Crippen molar-refractivity contribution in [2.75, 3.05) is 5.73 Å². The summed E-state index contributed by atoms with van der Waals surface area (Å²) in [6.45, 7) is 0. The van der Waals surface area contributed by atoms with Gasteiger partial charge in [0.25, 0.3) is 0 Å². The number of Topliss-reactive ketones (excluding diaryl/α,β-unsaturated/α-hetero) is 1. The molecule has 18 heavy (non-hydrogen) atoms. The van der Waals surface area contributed by atoms with Gasteiger partial charge in [0.15, 0.2) is 5.78 Å². The Labute approximate surface area is 109 Å². The van der Waals surface area contributed by atoms with Crippen LogP contribution in [0, 0.1) is 5.82 Å². The van der Waals surface area contributed by atoms with Gasteiger partial charge in [-0.3, -0.25) is 4.79 Å². The van der Waals surface area contributed by atoms with E-state index in [4.69, 9.17) is 17.3 Å². The lowest BCUT2D eigenvalue weighted by Gasteiger charge is -2.05. The molecular formula is C14H11ClFNO. The van der Waals surface area contributed by atoms with Gasteiger partial charge in [-0.2, -0.15) is 0 Å². The Kier molecular flexibility index (Phi) is 3.63. The van der Waals surface area contributed by atoms with E-state index in [0.717, 1.165) is 0 Å². The van der Waals surface area contributed by atoms with Crippen LogP contribution >= 0.6 is 11.6 Å². The van der Waals surface area contributed by atoms with Crippen LogP contribution in [-0.4, -0.2) is 5.78 Å². The van der Waals surface area contributed by atoms with Gasteiger partial charge in [0.1, 0.15) is 5.82 Å². The summed E-state index contributed by atoms with van der Waals surface area (Å²) in [5, 5.41) is 0.00120. The lowest BCUT2D eigenvalue weighted by Crippen LogP contribution is -2.04. The summed E-state index contributed by atoms with van der Waals surface area (Å²) in [5.41, 5.74) is 7.15. The quantitative estimate of drug-likeness (QED) is 0.680. The van der Waals surface area contributed by atoms with Crippen molar-refractivity contribution in [1.82, 2.24) is 0 Å². The fourth-order valence-electron chi connectivity index (χ4n) is 1.63. The molecule has 0 unspecified atom stereocenters. The number of ketones is 1. The number of halogens is 2. The average Bonchev–Trinajstić information content (AvgIpc) is 2.36. The van der Waals surface area contributed by atoms with E-state index in [0.29, 0.717) is 16.8 Å². The Morgan fingerprint density at radius 3 is 2.50 bits per heavy atom. The third-order valence-electron chi connectivity index (χ3n) is 2.62. The van der Waals surface area contributed by atoms with Crippen molar-refractivity contribution in [2.24, 2.45) is 0 Å². The molecule has 2 aromatic rings. The zero-order chi connectivity index (χ0) is 13.1. The van der Waals surface area contributed by atoms with E-state index in [-0.39, 0.29) is 17.2 Å². The van der Waals surface area contributed by atoms with Gasteiger partial charge in [0, 0.05) is 17.7 Å². The first-order valence-corrected chi connectivity index (χ1v) is 5.77. The lowest BCUT2D eigenvalue weighted by molar-refractivity contribution is 0.0993. The second kappa shape index (κ2) is 5.19. The van der Waals surface area contributed by atoms with Crippen molar-refractivity contribution in [3.8, 4) is 0 Å². The van der Waals surface area contributed by atoms with Gasteiger partial charge in [-0.25, -0.2) is 4.39 Å². The number of nitrogens with two attached hydrogens (primary N) is 1. The molecule has 0 radical (unpaired) electrons. The highest BCUT2D eigenvalue weighted by Crippen LogP contribution is 2.21. The minimum Gasteiger partial charge on any atom is -0.399 e. The summed E-state index contributed by atoms with van der Waals surface area (Å²) in [6, 6.07) is 11.0. The van der Waals surface area contributed by atoms with E-state index in [1.807, 2.05) is 0 Å². The van der Waals surface area contributed by atoms with Gasteiger partial charge >= 0.3 is 0 Å². The Hall–Kier alpha value is -1.87. The highest BCUT2D eigenvalue weighted by molar-refractivity contribution is 6.31. The molecular weight excluding hydrogens is 253 g/mol. The third kappa shape index (κ3) is 2.68. The zero-order valence-electron chi connectivity index (χ0n) is 9.49. The van der Waals surface area contributed by atoms with Gasteiger partial charge in [-0.15, -0.1) is 0 Å². The number of hydrogen-bond donors (Lipinski definition) is 1. The molecule has 0 atom stereocenters. The number of nitrogen functional groups attached to an aromatic ring is 1. The maximum absolute atomic E-state index is 13.2. The molecule has 0 aromatic heterocycles. The maximum Gasteiger partial charge on any atom is 0.167 e. The molecule has 0 bridgehead atoms. The van der Waals surface area contributed by atoms with Crippen LogP contribution in [-0.2, 0) is 6.42 Å². The fourth-order valence-corrected chi connectivity index (χ4v) is 1.82. The van der Waals surface area contributed by atoms with Gasteiger partial charge in [0.05, 0.1) is 5.02 Å². The molecule has 0 amide bonds. The molecule has 2 rings (SSSR count). The number of benzene rings is 2. The second-order valence-electron chi connectivity index (χ2n) is 3.93. The van der Waals surface area contributed by atoms with Crippen LogP contribution < -0.4 is 5.73 Å². The number of anilines is 1. The molecule has 0 saturated heterocycles. The summed E-state index contributed by atoms with van der Waals surface area (Å²) >= 11 is 5.80. The van der Waals surface area contributed by atoms with E-state index >= 15 is 0 Å². The third-order valence-corrected chi connectivity index (χ3v) is 3.04. The van der Waals surface area contributed by atoms with Crippen LogP contribution in [0.15, 0.2) is 42.5 Å². The second-order valence-corrected chi connectivity index (χ2v) is 4.31. The summed E-state index contributed by atoms with van der Waals surface area (Å²) < 4.78 is 13.2. The van der Waals surface area contributed by atoms with E-state index in [2.05, 4.69) is 0 Å². The van der Waals surface area contributed by atoms with Crippen molar-refractivity contribution in [3.05, 3.63) is 64.4 Å². The largest absolute Gasteiger partial charge is 0.399 e. The molecule has 0 saturated carbocycles. The SMILES string of the molecule is Nc1ccc(C(=O)Cc2cccc(F)c2Cl)cc1.